The molecular weight excluding hydrogens is 300 g/mol. The van der Waals surface area contributed by atoms with Crippen molar-refractivity contribution < 1.29 is 9.47 Å². The molecule has 2 heterocycles. The first-order valence-corrected chi connectivity index (χ1v) is 9.23. The second kappa shape index (κ2) is 8.43. The van der Waals surface area contributed by atoms with E-state index in [1.165, 1.54) is 44.5 Å². The van der Waals surface area contributed by atoms with Gasteiger partial charge in [-0.3, -0.25) is 9.80 Å². The molecule has 0 radical (unpaired) electrons. The fraction of sp³-hybridized carbons (Fsp3) is 0.700. The van der Waals surface area contributed by atoms with Gasteiger partial charge in [0.05, 0.1) is 13.2 Å². The van der Waals surface area contributed by atoms with Gasteiger partial charge in [0.2, 0.25) is 0 Å². The van der Waals surface area contributed by atoms with Gasteiger partial charge in [-0.15, -0.1) is 0 Å². The summed E-state index contributed by atoms with van der Waals surface area (Å²) in [4.78, 5) is 5.21. The molecule has 2 aliphatic heterocycles. The number of piperidine rings is 1. The van der Waals surface area contributed by atoms with Crippen molar-refractivity contribution in [3.8, 4) is 0 Å². The molecule has 2 fully saturated rings. The monoisotopic (exact) mass is 332 g/mol. The highest BCUT2D eigenvalue weighted by Crippen LogP contribution is 2.43. The Balaban J connectivity index is 1.54. The molecule has 0 aromatic heterocycles. The minimum absolute atomic E-state index is 0.490. The van der Waals surface area contributed by atoms with E-state index in [-0.39, 0.29) is 0 Å². The molecule has 2 aliphatic rings. The summed E-state index contributed by atoms with van der Waals surface area (Å²) in [7, 11) is 3.61. The second-order valence-electron chi connectivity index (χ2n) is 7.54. The predicted molar refractivity (Wildman–Crippen MR) is 97.1 cm³/mol. The fourth-order valence-electron chi connectivity index (χ4n) is 4.47. The Morgan fingerprint density at radius 1 is 1.08 bits per heavy atom. The van der Waals surface area contributed by atoms with Crippen molar-refractivity contribution >= 4 is 0 Å². The van der Waals surface area contributed by atoms with Crippen LogP contribution < -0.4 is 0 Å². The van der Waals surface area contributed by atoms with Crippen LogP contribution in [0.4, 0.5) is 0 Å². The largest absolute Gasteiger partial charge is 0.383 e. The lowest BCUT2D eigenvalue weighted by atomic mass is 9.76. The maximum Gasteiger partial charge on any atom is 0.0618 e. The molecule has 0 saturated carbocycles. The molecule has 0 amide bonds. The molecule has 24 heavy (non-hydrogen) atoms. The summed E-state index contributed by atoms with van der Waals surface area (Å²) in [5.74, 6) is 0. The van der Waals surface area contributed by atoms with Gasteiger partial charge >= 0.3 is 0 Å². The molecule has 1 spiro atoms. The van der Waals surface area contributed by atoms with Crippen LogP contribution >= 0.6 is 0 Å². The number of methoxy groups -OCH3 is 2. The average molecular weight is 332 g/mol. The minimum Gasteiger partial charge on any atom is -0.383 e. The van der Waals surface area contributed by atoms with Gasteiger partial charge in [-0.2, -0.15) is 0 Å². The van der Waals surface area contributed by atoms with Crippen molar-refractivity contribution in [2.75, 3.05) is 53.6 Å². The summed E-state index contributed by atoms with van der Waals surface area (Å²) in [6, 6.07) is 11.4. The molecule has 4 nitrogen and oxygen atoms in total. The molecule has 1 aromatic carbocycles. The highest BCUT2D eigenvalue weighted by Gasteiger charge is 2.45. The van der Waals surface area contributed by atoms with Gasteiger partial charge in [0.1, 0.15) is 0 Å². The Hall–Kier alpha value is -0.940. The molecule has 3 rings (SSSR count). The van der Waals surface area contributed by atoms with Crippen LogP contribution in [0.25, 0.3) is 0 Å². The fourth-order valence-corrected chi connectivity index (χ4v) is 4.47. The second-order valence-corrected chi connectivity index (χ2v) is 7.54. The van der Waals surface area contributed by atoms with Crippen molar-refractivity contribution in [1.82, 2.24) is 9.80 Å². The number of rotatable bonds is 7. The number of hydrogen-bond acceptors (Lipinski definition) is 4. The lowest BCUT2D eigenvalue weighted by Crippen LogP contribution is -2.41. The topological polar surface area (TPSA) is 24.9 Å². The summed E-state index contributed by atoms with van der Waals surface area (Å²) in [6.07, 6.45) is 3.90. The van der Waals surface area contributed by atoms with E-state index in [4.69, 9.17) is 9.47 Å². The number of hydrogen-bond donors (Lipinski definition) is 0. The van der Waals surface area contributed by atoms with E-state index in [1.54, 1.807) is 7.11 Å². The van der Waals surface area contributed by atoms with Crippen LogP contribution in [0.3, 0.4) is 0 Å². The van der Waals surface area contributed by atoms with Crippen LogP contribution in [-0.2, 0) is 16.0 Å². The van der Waals surface area contributed by atoms with E-state index >= 15 is 0 Å². The maximum absolute atomic E-state index is 5.48. The first kappa shape index (κ1) is 17.9. The number of likely N-dealkylation sites (tertiary alicyclic amines) is 2. The van der Waals surface area contributed by atoms with Gasteiger partial charge < -0.3 is 9.47 Å². The summed E-state index contributed by atoms with van der Waals surface area (Å²) in [6.45, 7) is 7.42. The van der Waals surface area contributed by atoms with Crippen LogP contribution in [0, 0.1) is 5.41 Å². The average Bonchev–Trinajstić information content (AvgIpc) is 2.94. The molecular formula is C20H32N2O2. The summed E-state index contributed by atoms with van der Waals surface area (Å²) >= 11 is 0. The molecule has 134 valence electrons. The van der Waals surface area contributed by atoms with Gasteiger partial charge in [-0.05, 0) is 43.3 Å². The first-order chi connectivity index (χ1) is 11.7. The molecule has 1 atom stereocenters. The first-order valence-electron chi connectivity index (χ1n) is 9.23. The summed E-state index contributed by atoms with van der Waals surface area (Å²) < 4.78 is 10.8. The van der Waals surface area contributed by atoms with Gasteiger partial charge in [0, 0.05) is 39.9 Å². The van der Waals surface area contributed by atoms with Crippen molar-refractivity contribution in [2.45, 2.75) is 31.8 Å². The van der Waals surface area contributed by atoms with E-state index < -0.39 is 0 Å². The van der Waals surface area contributed by atoms with Crippen molar-refractivity contribution in [3.05, 3.63) is 35.9 Å². The molecule has 2 saturated heterocycles. The lowest BCUT2D eigenvalue weighted by molar-refractivity contribution is 0.0858. The minimum atomic E-state index is 0.490. The molecule has 4 heteroatoms. The molecule has 0 N–H and O–H groups in total. The standard InChI is InChI=1S/C20H32N2O2/c1-23-13-12-22-17-20(14-19(22)16-24-2)8-10-21(11-9-20)15-18-6-4-3-5-7-18/h3-7,19H,8-17H2,1-2H3/t19-/m1/s1. The predicted octanol–water partition coefficient (Wildman–Crippen LogP) is 2.64. The molecule has 1 aromatic rings. The summed E-state index contributed by atoms with van der Waals surface area (Å²) in [5.41, 5.74) is 1.92. The highest BCUT2D eigenvalue weighted by atomic mass is 16.5. The van der Waals surface area contributed by atoms with Gasteiger partial charge in [0.25, 0.3) is 0 Å². The van der Waals surface area contributed by atoms with Crippen LogP contribution in [0.15, 0.2) is 30.3 Å². The molecule has 0 bridgehead atoms. The smallest absolute Gasteiger partial charge is 0.0618 e. The van der Waals surface area contributed by atoms with Gasteiger partial charge in [-0.25, -0.2) is 0 Å². The van der Waals surface area contributed by atoms with E-state index in [2.05, 4.69) is 40.1 Å². The highest BCUT2D eigenvalue weighted by molar-refractivity contribution is 5.14. The SMILES string of the molecule is COCCN1CC2(CCN(Cc3ccccc3)CC2)C[C@@H]1COC. The van der Waals surface area contributed by atoms with E-state index in [1.807, 2.05) is 7.11 Å². The summed E-state index contributed by atoms with van der Waals surface area (Å²) in [5, 5.41) is 0. The lowest BCUT2D eigenvalue weighted by Gasteiger charge is -2.39. The zero-order chi connectivity index (χ0) is 16.8. The Morgan fingerprint density at radius 2 is 1.83 bits per heavy atom. The molecule has 0 aliphatic carbocycles. The van der Waals surface area contributed by atoms with Crippen molar-refractivity contribution in [2.24, 2.45) is 5.41 Å². The Labute approximate surface area is 146 Å². The van der Waals surface area contributed by atoms with Crippen molar-refractivity contribution in [1.29, 1.82) is 0 Å². The van der Waals surface area contributed by atoms with E-state index in [0.717, 1.165) is 26.3 Å². The van der Waals surface area contributed by atoms with E-state index in [9.17, 15) is 0 Å². The third kappa shape index (κ3) is 4.37. The number of benzene rings is 1. The number of ether oxygens (including phenoxy) is 2. The van der Waals surface area contributed by atoms with Crippen LogP contribution in [-0.4, -0.2) is 69.5 Å². The van der Waals surface area contributed by atoms with Crippen LogP contribution in [0.1, 0.15) is 24.8 Å². The zero-order valence-corrected chi connectivity index (χ0v) is 15.2. The van der Waals surface area contributed by atoms with Crippen LogP contribution in [0.5, 0.6) is 0 Å². The Kier molecular flexibility index (Phi) is 6.28. The third-order valence-corrected chi connectivity index (χ3v) is 5.83. The van der Waals surface area contributed by atoms with Crippen molar-refractivity contribution in [3.63, 3.8) is 0 Å². The maximum atomic E-state index is 5.48. The Bertz CT molecular complexity index is 486. The van der Waals surface area contributed by atoms with Gasteiger partial charge in [-0.1, -0.05) is 30.3 Å². The number of nitrogens with zero attached hydrogens (tertiary/aromatic N) is 2. The van der Waals surface area contributed by atoms with Gasteiger partial charge in [0.15, 0.2) is 0 Å². The quantitative estimate of drug-likeness (QED) is 0.766. The molecule has 0 unspecified atom stereocenters. The normalized spacial score (nSPS) is 24.7. The van der Waals surface area contributed by atoms with E-state index in [0.29, 0.717) is 11.5 Å². The third-order valence-electron chi connectivity index (χ3n) is 5.83. The zero-order valence-electron chi connectivity index (χ0n) is 15.2. The Morgan fingerprint density at radius 3 is 2.50 bits per heavy atom. The van der Waals surface area contributed by atoms with Crippen LogP contribution in [0.2, 0.25) is 0 Å².